The molecule has 1 aliphatic rings. The predicted molar refractivity (Wildman–Crippen MR) is 100 cm³/mol. The number of benzene rings is 1. The Morgan fingerprint density at radius 3 is 2.62 bits per heavy atom. The van der Waals surface area contributed by atoms with E-state index in [1.807, 2.05) is 36.4 Å². The average Bonchev–Trinajstić information content (AvgIpc) is 3.36. The molecule has 1 fully saturated rings. The van der Waals surface area contributed by atoms with Gasteiger partial charge in [0, 0.05) is 30.4 Å². The zero-order chi connectivity index (χ0) is 17.8. The summed E-state index contributed by atoms with van der Waals surface area (Å²) in [4.78, 5) is 14.2. The molecule has 2 N–H and O–H groups in total. The van der Waals surface area contributed by atoms with E-state index in [-0.39, 0.29) is 6.03 Å². The Morgan fingerprint density at radius 2 is 1.88 bits per heavy atom. The number of carbonyl (C=O) groups excluding carboxylic acids is 1. The van der Waals surface area contributed by atoms with Crippen molar-refractivity contribution in [1.82, 2.24) is 10.2 Å². The zero-order valence-electron chi connectivity index (χ0n) is 14.2. The van der Waals surface area contributed by atoms with Crippen LogP contribution in [0.15, 0.2) is 59.2 Å². The molecule has 0 atom stereocenters. The van der Waals surface area contributed by atoms with Crippen LogP contribution in [0.5, 0.6) is 0 Å². The quantitative estimate of drug-likeness (QED) is 0.744. The topological polar surface area (TPSA) is 83.3 Å². The minimum Gasteiger partial charge on any atom is -0.449 e. The number of hydrogen-bond acceptors (Lipinski definition) is 5. The maximum atomic E-state index is 12.0. The Morgan fingerprint density at radius 1 is 1.00 bits per heavy atom. The van der Waals surface area contributed by atoms with Gasteiger partial charge in [0.2, 0.25) is 5.88 Å². The van der Waals surface area contributed by atoms with Crippen molar-refractivity contribution in [3.05, 3.63) is 54.8 Å². The molecule has 1 saturated heterocycles. The van der Waals surface area contributed by atoms with Gasteiger partial charge in [0.15, 0.2) is 5.82 Å². The highest BCUT2D eigenvalue weighted by Gasteiger charge is 2.14. The first kappa shape index (κ1) is 16.1. The third-order valence-electron chi connectivity index (χ3n) is 4.25. The van der Waals surface area contributed by atoms with E-state index < -0.39 is 0 Å². The number of furan rings is 1. The maximum absolute atomic E-state index is 12.0. The van der Waals surface area contributed by atoms with Crippen molar-refractivity contribution in [3.63, 3.8) is 0 Å². The summed E-state index contributed by atoms with van der Waals surface area (Å²) in [6, 6.07) is 14.5. The van der Waals surface area contributed by atoms with Gasteiger partial charge in [-0.25, -0.2) is 4.79 Å². The molecule has 0 aliphatic carbocycles. The van der Waals surface area contributed by atoms with Crippen LogP contribution in [-0.2, 0) is 0 Å². The first-order valence-corrected chi connectivity index (χ1v) is 8.58. The van der Waals surface area contributed by atoms with Crippen molar-refractivity contribution in [2.75, 3.05) is 28.6 Å². The van der Waals surface area contributed by atoms with E-state index in [1.54, 1.807) is 12.1 Å². The molecular weight excluding hydrogens is 330 g/mol. The highest BCUT2D eigenvalue weighted by Crippen LogP contribution is 2.23. The normalized spacial score (nSPS) is 13.6. The molecule has 3 aromatic rings. The number of anilines is 3. The van der Waals surface area contributed by atoms with E-state index in [4.69, 9.17) is 4.42 Å². The minimum atomic E-state index is -0.368. The van der Waals surface area contributed by atoms with E-state index in [0.29, 0.717) is 11.6 Å². The molecule has 3 heterocycles. The summed E-state index contributed by atoms with van der Waals surface area (Å²) >= 11 is 0. The third kappa shape index (κ3) is 3.66. The summed E-state index contributed by atoms with van der Waals surface area (Å²) in [6.45, 7) is 2.08. The van der Waals surface area contributed by atoms with Crippen molar-refractivity contribution in [2.45, 2.75) is 12.8 Å². The number of nitrogens with zero attached hydrogens (tertiary/aromatic N) is 3. The smallest absolute Gasteiger partial charge is 0.326 e. The summed E-state index contributed by atoms with van der Waals surface area (Å²) in [7, 11) is 0. The summed E-state index contributed by atoms with van der Waals surface area (Å²) in [5.74, 6) is 1.31. The fourth-order valence-electron chi connectivity index (χ4n) is 2.97. The lowest BCUT2D eigenvalue weighted by Crippen LogP contribution is -2.19. The van der Waals surface area contributed by atoms with Crippen LogP contribution in [0.25, 0.3) is 11.3 Å². The van der Waals surface area contributed by atoms with Gasteiger partial charge in [-0.05, 0) is 43.2 Å². The Bertz CT molecular complexity index is 871. The molecule has 132 valence electrons. The van der Waals surface area contributed by atoms with E-state index in [0.717, 1.165) is 30.2 Å². The van der Waals surface area contributed by atoms with Crippen LogP contribution in [0.4, 0.5) is 22.2 Å². The fourth-order valence-corrected chi connectivity index (χ4v) is 2.97. The van der Waals surface area contributed by atoms with Crippen LogP contribution in [0.3, 0.4) is 0 Å². The SMILES string of the molecule is O=C(Nc1cccc(-c2ccc(N3CCCC3)nn2)c1)Nc1ccco1. The molecule has 0 radical (unpaired) electrons. The molecule has 0 saturated carbocycles. The van der Waals surface area contributed by atoms with Crippen LogP contribution in [0.1, 0.15) is 12.8 Å². The highest BCUT2D eigenvalue weighted by atomic mass is 16.3. The molecule has 0 unspecified atom stereocenters. The van der Waals surface area contributed by atoms with Crippen molar-refractivity contribution in [2.24, 2.45) is 0 Å². The van der Waals surface area contributed by atoms with Crippen LogP contribution in [0, 0.1) is 0 Å². The van der Waals surface area contributed by atoms with Crippen LogP contribution in [0.2, 0.25) is 0 Å². The molecule has 7 heteroatoms. The average molecular weight is 349 g/mol. The molecule has 2 aromatic heterocycles. The first-order chi connectivity index (χ1) is 12.8. The Kier molecular flexibility index (Phi) is 4.51. The molecule has 0 spiro atoms. The van der Waals surface area contributed by atoms with Crippen LogP contribution in [-0.4, -0.2) is 29.3 Å². The summed E-state index contributed by atoms with van der Waals surface area (Å²) < 4.78 is 5.09. The number of urea groups is 1. The van der Waals surface area contributed by atoms with E-state index in [9.17, 15) is 4.79 Å². The van der Waals surface area contributed by atoms with Gasteiger partial charge in [0.25, 0.3) is 0 Å². The van der Waals surface area contributed by atoms with Gasteiger partial charge in [-0.15, -0.1) is 10.2 Å². The number of nitrogens with one attached hydrogen (secondary N) is 2. The van der Waals surface area contributed by atoms with Crippen molar-refractivity contribution >= 4 is 23.4 Å². The number of hydrogen-bond donors (Lipinski definition) is 2. The van der Waals surface area contributed by atoms with Gasteiger partial charge in [0.05, 0.1) is 12.0 Å². The van der Waals surface area contributed by atoms with Gasteiger partial charge in [0.1, 0.15) is 0 Å². The van der Waals surface area contributed by atoms with E-state index >= 15 is 0 Å². The second-order valence-corrected chi connectivity index (χ2v) is 6.11. The second-order valence-electron chi connectivity index (χ2n) is 6.11. The molecule has 1 aromatic carbocycles. The van der Waals surface area contributed by atoms with Gasteiger partial charge < -0.3 is 14.6 Å². The largest absolute Gasteiger partial charge is 0.449 e. The van der Waals surface area contributed by atoms with Crippen molar-refractivity contribution in [1.29, 1.82) is 0 Å². The predicted octanol–water partition coefficient (Wildman–Crippen LogP) is 3.98. The van der Waals surface area contributed by atoms with E-state index in [1.165, 1.54) is 19.1 Å². The molecule has 26 heavy (non-hydrogen) atoms. The third-order valence-corrected chi connectivity index (χ3v) is 4.25. The standard InChI is InChI=1S/C19H19N5O2/c25-19(21-18-7-4-12-26-18)20-15-6-3-5-14(13-15)16-8-9-17(23-22-16)24-10-1-2-11-24/h3-9,12-13H,1-2,10-11H2,(H2,20,21,25). The number of amides is 2. The minimum absolute atomic E-state index is 0.368. The molecule has 7 nitrogen and oxygen atoms in total. The summed E-state index contributed by atoms with van der Waals surface area (Å²) in [5, 5.41) is 14.1. The molecular formula is C19H19N5O2. The Balaban J connectivity index is 1.45. The molecule has 4 rings (SSSR count). The van der Waals surface area contributed by atoms with Gasteiger partial charge in [-0.2, -0.15) is 0 Å². The number of aromatic nitrogens is 2. The lowest BCUT2D eigenvalue weighted by Gasteiger charge is -2.15. The van der Waals surface area contributed by atoms with Gasteiger partial charge in [-0.3, -0.25) is 5.32 Å². The first-order valence-electron chi connectivity index (χ1n) is 8.58. The molecule has 0 bridgehead atoms. The number of rotatable bonds is 4. The monoisotopic (exact) mass is 349 g/mol. The molecule has 2 amide bonds. The van der Waals surface area contributed by atoms with Gasteiger partial charge >= 0.3 is 6.03 Å². The van der Waals surface area contributed by atoms with Crippen molar-refractivity contribution < 1.29 is 9.21 Å². The Labute approximate surface area is 151 Å². The van der Waals surface area contributed by atoms with E-state index in [2.05, 4.69) is 25.7 Å². The van der Waals surface area contributed by atoms with Crippen LogP contribution >= 0.6 is 0 Å². The second kappa shape index (κ2) is 7.26. The highest BCUT2D eigenvalue weighted by molar-refractivity contribution is 5.99. The Hall–Kier alpha value is -3.35. The maximum Gasteiger partial charge on any atom is 0.326 e. The van der Waals surface area contributed by atoms with Gasteiger partial charge in [-0.1, -0.05) is 12.1 Å². The lowest BCUT2D eigenvalue weighted by atomic mass is 10.1. The van der Waals surface area contributed by atoms with Crippen molar-refractivity contribution in [3.8, 4) is 11.3 Å². The summed E-state index contributed by atoms with van der Waals surface area (Å²) in [6.07, 6.45) is 3.91. The zero-order valence-corrected chi connectivity index (χ0v) is 14.2. The number of carbonyl (C=O) groups is 1. The van der Waals surface area contributed by atoms with Crippen LogP contribution < -0.4 is 15.5 Å². The summed E-state index contributed by atoms with van der Waals surface area (Å²) in [5.41, 5.74) is 2.32. The molecule has 1 aliphatic heterocycles. The lowest BCUT2D eigenvalue weighted by molar-refractivity contribution is 0.261. The fraction of sp³-hybridized carbons (Fsp3) is 0.211.